The highest BCUT2D eigenvalue weighted by Crippen LogP contribution is 2.67. The molecule has 66 valence electrons. The lowest BCUT2D eigenvalue weighted by molar-refractivity contribution is -0.137. The second-order valence-corrected chi connectivity index (χ2v) is 5.28. The lowest BCUT2D eigenvalue weighted by Gasteiger charge is -1.99. The first-order valence-corrected chi connectivity index (χ1v) is 5.01. The van der Waals surface area contributed by atoms with E-state index in [1.807, 2.05) is 0 Å². The molecule has 0 spiro atoms. The number of epoxide rings is 1. The van der Waals surface area contributed by atoms with Crippen LogP contribution in [-0.4, -0.2) is 27.6 Å². The number of carbonyl (C=O) groups is 1. The highest BCUT2D eigenvalue weighted by Gasteiger charge is 2.73. The van der Waals surface area contributed by atoms with E-state index in [1.54, 1.807) is 0 Å². The van der Waals surface area contributed by atoms with Crippen LogP contribution in [0.25, 0.3) is 0 Å². The molecule has 12 heavy (non-hydrogen) atoms. The summed E-state index contributed by atoms with van der Waals surface area (Å²) >= 11 is 3.34. The van der Waals surface area contributed by atoms with Gasteiger partial charge in [-0.05, 0) is 24.7 Å². The second kappa shape index (κ2) is 1.87. The molecule has 1 aliphatic heterocycles. The molecule has 0 bridgehead atoms. The van der Waals surface area contributed by atoms with Crippen molar-refractivity contribution in [2.75, 3.05) is 0 Å². The largest absolute Gasteiger partial charge is 0.480 e. The molecule has 1 saturated heterocycles. The number of hydrogen-bond acceptors (Lipinski definition) is 2. The number of aliphatic carboxylic acids is 1. The van der Waals surface area contributed by atoms with Gasteiger partial charge in [0.1, 0.15) is 4.32 Å². The molecule has 3 aliphatic rings. The lowest BCUT2D eigenvalue weighted by atomic mass is 10.0. The fourth-order valence-electron chi connectivity index (χ4n) is 2.58. The first-order valence-electron chi connectivity index (χ1n) is 4.22. The molecule has 0 radical (unpaired) electrons. The number of halogens is 1. The number of ether oxygens (including phenoxy) is 1. The summed E-state index contributed by atoms with van der Waals surface area (Å²) in [6.45, 7) is 0. The van der Waals surface area contributed by atoms with Crippen molar-refractivity contribution < 1.29 is 14.6 Å². The van der Waals surface area contributed by atoms with Gasteiger partial charge in [0.25, 0.3) is 0 Å². The summed E-state index contributed by atoms with van der Waals surface area (Å²) in [5, 5.41) is 8.96. The molecule has 3 fully saturated rings. The van der Waals surface area contributed by atoms with Crippen molar-refractivity contribution in [3.8, 4) is 0 Å². The monoisotopic (exact) mass is 232 g/mol. The average molecular weight is 233 g/mol. The van der Waals surface area contributed by atoms with Crippen molar-refractivity contribution in [3.05, 3.63) is 0 Å². The SMILES string of the molecule is O=C(O)C1(Br)C2CC3OC3CC21. The number of fused-ring (bicyclic) bond motifs is 2. The molecule has 0 aromatic heterocycles. The summed E-state index contributed by atoms with van der Waals surface area (Å²) in [4.78, 5) is 10.9. The number of carboxylic acids is 1. The van der Waals surface area contributed by atoms with Crippen molar-refractivity contribution >= 4 is 21.9 Å². The number of rotatable bonds is 1. The third-order valence-corrected chi connectivity index (χ3v) is 4.96. The van der Waals surface area contributed by atoms with Crippen LogP contribution in [0.5, 0.6) is 0 Å². The maximum Gasteiger partial charge on any atom is 0.321 e. The summed E-state index contributed by atoms with van der Waals surface area (Å²) in [5.41, 5.74) is 0. The van der Waals surface area contributed by atoms with Crippen molar-refractivity contribution in [1.29, 1.82) is 0 Å². The number of alkyl halides is 1. The van der Waals surface area contributed by atoms with Gasteiger partial charge in [0.15, 0.2) is 0 Å². The smallest absolute Gasteiger partial charge is 0.321 e. The van der Waals surface area contributed by atoms with Crippen LogP contribution in [0.15, 0.2) is 0 Å². The topological polar surface area (TPSA) is 49.8 Å². The van der Waals surface area contributed by atoms with Crippen molar-refractivity contribution in [1.82, 2.24) is 0 Å². The van der Waals surface area contributed by atoms with Crippen LogP contribution in [0.4, 0.5) is 0 Å². The molecule has 1 heterocycles. The standard InChI is InChI=1S/C8H9BrO3/c9-8(7(10)11)3-1-5-6(12-5)2-4(3)8/h3-6H,1-2H2,(H,10,11). The summed E-state index contributed by atoms with van der Waals surface area (Å²) in [7, 11) is 0. The Balaban J connectivity index is 1.83. The molecule has 0 aromatic carbocycles. The van der Waals surface area contributed by atoms with Gasteiger partial charge in [0.05, 0.1) is 12.2 Å². The van der Waals surface area contributed by atoms with Gasteiger partial charge >= 0.3 is 5.97 Å². The first kappa shape index (κ1) is 7.33. The molecule has 0 amide bonds. The van der Waals surface area contributed by atoms with Gasteiger partial charge in [0.2, 0.25) is 0 Å². The van der Waals surface area contributed by atoms with Gasteiger partial charge in [-0.25, -0.2) is 0 Å². The van der Waals surface area contributed by atoms with Gasteiger partial charge in [-0.3, -0.25) is 4.79 Å². The fraction of sp³-hybridized carbons (Fsp3) is 0.875. The minimum absolute atomic E-state index is 0.318. The summed E-state index contributed by atoms with van der Waals surface area (Å²) in [6.07, 6.45) is 2.63. The number of carboxylic acid groups (broad SMARTS) is 1. The summed E-state index contributed by atoms with van der Waals surface area (Å²) < 4.78 is 4.74. The van der Waals surface area contributed by atoms with Crippen LogP contribution < -0.4 is 0 Å². The van der Waals surface area contributed by atoms with E-state index in [0.29, 0.717) is 24.0 Å². The van der Waals surface area contributed by atoms with Crippen LogP contribution in [0.1, 0.15) is 12.8 Å². The molecule has 4 unspecified atom stereocenters. The molecule has 3 nitrogen and oxygen atoms in total. The molecule has 4 heteroatoms. The van der Waals surface area contributed by atoms with Crippen LogP contribution in [0, 0.1) is 11.8 Å². The van der Waals surface area contributed by atoms with Gasteiger partial charge < -0.3 is 9.84 Å². The molecule has 2 saturated carbocycles. The Bertz CT molecular complexity index is 249. The Morgan fingerprint density at radius 1 is 1.42 bits per heavy atom. The average Bonchev–Trinajstić information content (AvgIpc) is 2.86. The third kappa shape index (κ3) is 0.684. The quantitative estimate of drug-likeness (QED) is 0.543. The Kier molecular flexibility index (Phi) is 1.14. The van der Waals surface area contributed by atoms with Crippen LogP contribution in [-0.2, 0) is 9.53 Å². The second-order valence-electron chi connectivity index (χ2n) is 3.97. The maximum absolute atomic E-state index is 10.9. The predicted octanol–water partition coefficient (Wildman–Crippen LogP) is 1.01. The lowest BCUT2D eigenvalue weighted by Crippen LogP contribution is -2.18. The van der Waals surface area contributed by atoms with Crippen molar-refractivity contribution in [2.24, 2.45) is 11.8 Å². The Morgan fingerprint density at radius 3 is 2.33 bits per heavy atom. The van der Waals surface area contributed by atoms with E-state index < -0.39 is 10.3 Å². The zero-order valence-corrected chi connectivity index (χ0v) is 7.95. The predicted molar refractivity (Wildman–Crippen MR) is 44.2 cm³/mol. The van der Waals surface area contributed by atoms with E-state index in [4.69, 9.17) is 9.84 Å². The van der Waals surface area contributed by atoms with E-state index in [9.17, 15) is 4.79 Å². The van der Waals surface area contributed by atoms with Gasteiger partial charge in [0, 0.05) is 0 Å². The minimum atomic E-state index is -0.696. The van der Waals surface area contributed by atoms with Gasteiger partial charge in [-0.15, -0.1) is 0 Å². The third-order valence-electron chi connectivity index (χ3n) is 3.44. The first-order chi connectivity index (χ1) is 5.64. The fourth-order valence-corrected chi connectivity index (χ4v) is 3.46. The Labute approximate surface area is 78.2 Å². The molecule has 3 rings (SSSR count). The van der Waals surface area contributed by atoms with Crippen LogP contribution in [0.3, 0.4) is 0 Å². The summed E-state index contributed by atoms with van der Waals surface area (Å²) in [5.74, 6) is -0.0590. The Hall–Kier alpha value is -0.0900. The highest BCUT2D eigenvalue weighted by molar-refractivity contribution is 9.10. The van der Waals surface area contributed by atoms with Crippen molar-refractivity contribution in [3.63, 3.8) is 0 Å². The van der Waals surface area contributed by atoms with Gasteiger partial charge in [-0.1, -0.05) is 15.9 Å². The molecule has 2 aliphatic carbocycles. The summed E-state index contributed by atoms with van der Waals surface area (Å²) in [6, 6.07) is 0. The van der Waals surface area contributed by atoms with E-state index in [1.165, 1.54) is 0 Å². The van der Waals surface area contributed by atoms with Crippen molar-refractivity contribution in [2.45, 2.75) is 29.4 Å². The molecular weight excluding hydrogens is 224 g/mol. The molecular formula is C8H9BrO3. The van der Waals surface area contributed by atoms with Crippen LogP contribution >= 0.6 is 15.9 Å². The maximum atomic E-state index is 10.9. The highest BCUT2D eigenvalue weighted by atomic mass is 79.9. The van der Waals surface area contributed by atoms with E-state index in [2.05, 4.69) is 15.9 Å². The number of hydrogen-bond donors (Lipinski definition) is 1. The zero-order valence-electron chi connectivity index (χ0n) is 6.37. The van der Waals surface area contributed by atoms with Crippen LogP contribution in [0.2, 0.25) is 0 Å². The minimum Gasteiger partial charge on any atom is -0.480 e. The normalized spacial score (nSPS) is 60.1. The van der Waals surface area contributed by atoms with E-state index in [0.717, 1.165) is 12.8 Å². The molecule has 1 N–H and O–H groups in total. The Morgan fingerprint density at radius 2 is 1.92 bits per heavy atom. The van der Waals surface area contributed by atoms with E-state index >= 15 is 0 Å². The molecule has 4 atom stereocenters. The molecule has 0 aromatic rings. The zero-order chi connectivity index (χ0) is 8.51. The van der Waals surface area contributed by atoms with E-state index in [-0.39, 0.29) is 0 Å². The van der Waals surface area contributed by atoms with Gasteiger partial charge in [-0.2, -0.15) is 0 Å².